The Morgan fingerprint density at radius 1 is 1.00 bits per heavy atom. The van der Waals surface area contributed by atoms with E-state index >= 15 is 0 Å². The molecule has 0 unspecified atom stereocenters. The third kappa shape index (κ3) is 4.83. The van der Waals surface area contributed by atoms with Crippen LogP contribution in [0.5, 0.6) is 0 Å². The first-order valence-corrected chi connectivity index (χ1v) is 11.3. The summed E-state index contributed by atoms with van der Waals surface area (Å²) in [4.78, 5) is 13.3. The van der Waals surface area contributed by atoms with Crippen molar-refractivity contribution >= 4 is 11.6 Å². The van der Waals surface area contributed by atoms with Crippen molar-refractivity contribution in [1.29, 1.82) is 0 Å². The van der Waals surface area contributed by atoms with Gasteiger partial charge in [0.1, 0.15) is 0 Å². The fraction of sp³-hybridized carbons (Fsp3) is 0.667. The van der Waals surface area contributed by atoms with E-state index < -0.39 is 5.60 Å². The standard InChI is InChI=1S/C24H36N2O2/c1-2-12-22(19-13-6-3-7-14-19)25-26-23(27)24(28,20-15-8-4-9-16-20)21-17-10-5-11-18-21/h3,6-7,13-14,20-21,28H,2,4-5,8-12,15-18H2,1H3,(H,26,27)/b25-22-. The van der Waals surface area contributed by atoms with Gasteiger partial charge in [-0.05, 0) is 49.5 Å². The Morgan fingerprint density at radius 2 is 1.54 bits per heavy atom. The van der Waals surface area contributed by atoms with Crippen LogP contribution in [0.25, 0.3) is 0 Å². The highest BCUT2D eigenvalue weighted by molar-refractivity contribution is 6.01. The number of carbonyl (C=O) groups is 1. The Hall–Kier alpha value is -1.68. The van der Waals surface area contributed by atoms with Crippen LogP contribution in [-0.4, -0.2) is 22.3 Å². The van der Waals surface area contributed by atoms with Crippen molar-refractivity contribution in [1.82, 2.24) is 5.43 Å². The van der Waals surface area contributed by atoms with Gasteiger partial charge in [-0.15, -0.1) is 0 Å². The van der Waals surface area contributed by atoms with Gasteiger partial charge >= 0.3 is 0 Å². The lowest BCUT2D eigenvalue weighted by molar-refractivity contribution is -0.159. The summed E-state index contributed by atoms with van der Waals surface area (Å²) >= 11 is 0. The van der Waals surface area contributed by atoms with E-state index in [9.17, 15) is 9.90 Å². The van der Waals surface area contributed by atoms with E-state index in [0.29, 0.717) is 0 Å². The van der Waals surface area contributed by atoms with E-state index in [4.69, 9.17) is 0 Å². The van der Waals surface area contributed by atoms with E-state index in [1.54, 1.807) is 0 Å². The minimum Gasteiger partial charge on any atom is -0.379 e. The molecule has 0 heterocycles. The Labute approximate surface area is 169 Å². The fourth-order valence-electron chi connectivity index (χ4n) is 5.13. The molecule has 2 N–H and O–H groups in total. The van der Waals surface area contributed by atoms with E-state index in [1.165, 1.54) is 12.8 Å². The van der Waals surface area contributed by atoms with Gasteiger partial charge in [-0.25, -0.2) is 5.43 Å². The number of carbonyl (C=O) groups excluding carboxylic acids is 1. The number of hydrazone groups is 1. The van der Waals surface area contributed by atoms with Crippen molar-refractivity contribution in [3.63, 3.8) is 0 Å². The van der Waals surface area contributed by atoms with Crippen LogP contribution < -0.4 is 5.43 Å². The first-order valence-electron chi connectivity index (χ1n) is 11.3. The van der Waals surface area contributed by atoms with Gasteiger partial charge in [0, 0.05) is 0 Å². The molecule has 4 heteroatoms. The van der Waals surface area contributed by atoms with Gasteiger partial charge in [0.05, 0.1) is 5.71 Å². The van der Waals surface area contributed by atoms with Crippen LogP contribution in [0.15, 0.2) is 35.4 Å². The van der Waals surface area contributed by atoms with Crippen LogP contribution in [0.3, 0.4) is 0 Å². The molecule has 2 fully saturated rings. The summed E-state index contributed by atoms with van der Waals surface area (Å²) in [6.45, 7) is 2.11. The largest absolute Gasteiger partial charge is 0.379 e. The molecular formula is C24H36N2O2. The summed E-state index contributed by atoms with van der Waals surface area (Å²) in [5.41, 5.74) is 3.43. The van der Waals surface area contributed by atoms with Crippen LogP contribution in [0, 0.1) is 11.8 Å². The van der Waals surface area contributed by atoms with Crippen molar-refractivity contribution < 1.29 is 9.90 Å². The number of nitrogens with one attached hydrogen (secondary N) is 1. The molecule has 3 rings (SSSR count). The topological polar surface area (TPSA) is 61.7 Å². The lowest BCUT2D eigenvalue weighted by Gasteiger charge is -2.43. The average Bonchev–Trinajstić information content (AvgIpc) is 2.77. The number of rotatable bonds is 7. The molecule has 1 aromatic carbocycles. The molecule has 0 radical (unpaired) electrons. The number of nitrogens with zero attached hydrogens (tertiary/aromatic N) is 1. The molecule has 0 bridgehead atoms. The summed E-state index contributed by atoms with van der Waals surface area (Å²) in [6, 6.07) is 10.0. The maximum Gasteiger partial charge on any atom is 0.272 e. The molecular weight excluding hydrogens is 348 g/mol. The quantitative estimate of drug-likeness (QED) is 0.501. The Balaban J connectivity index is 1.81. The minimum atomic E-state index is -1.28. The van der Waals surface area contributed by atoms with Gasteiger partial charge in [-0.2, -0.15) is 5.10 Å². The SMILES string of the molecule is CCC/C(=N/NC(=O)C(O)(C1CCCCC1)C1CCCCC1)c1ccccc1. The van der Waals surface area contributed by atoms with Gasteiger partial charge in [-0.1, -0.05) is 82.2 Å². The maximum absolute atomic E-state index is 13.3. The third-order valence-electron chi connectivity index (χ3n) is 6.71. The predicted octanol–water partition coefficient (Wildman–Crippen LogP) is 5.20. The molecule has 2 aliphatic carbocycles. The second-order valence-electron chi connectivity index (χ2n) is 8.61. The minimum absolute atomic E-state index is 0.0610. The van der Waals surface area contributed by atoms with Crippen molar-refractivity contribution in [3.05, 3.63) is 35.9 Å². The van der Waals surface area contributed by atoms with Crippen LogP contribution in [-0.2, 0) is 4.79 Å². The molecule has 28 heavy (non-hydrogen) atoms. The predicted molar refractivity (Wildman–Crippen MR) is 114 cm³/mol. The normalized spacial score (nSPS) is 20.1. The lowest BCUT2D eigenvalue weighted by atomic mass is 9.66. The molecule has 1 amide bonds. The van der Waals surface area contributed by atoms with Crippen LogP contribution in [0.4, 0.5) is 0 Å². The molecule has 2 saturated carbocycles. The number of aliphatic hydroxyl groups is 1. The highest BCUT2D eigenvalue weighted by atomic mass is 16.3. The van der Waals surface area contributed by atoms with E-state index in [-0.39, 0.29) is 17.7 Å². The van der Waals surface area contributed by atoms with Gasteiger partial charge in [-0.3, -0.25) is 4.79 Å². The van der Waals surface area contributed by atoms with Crippen LogP contribution in [0.1, 0.15) is 89.5 Å². The Morgan fingerprint density at radius 3 is 2.04 bits per heavy atom. The molecule has 4 nitrogen and oxygen atoms in total. The molecule has 0 atom stereocenters. The highest BCUT2D eigenvalue weighted by Crippen LogP contribution is 2.43. The van der Waals surface area contributed by atoms with Gasteiger partial charge < -0.3 is 5.11 Å². The third-order valence-corrected chi connectivity index (χ3v) is 6.71. The molecule has 2 aliphatic rings. The van der Waals surface area contributed by atoms with E-state index in [1.807, 2.05) is 30.3 Å². The Kier molecular flexibility index (Phi) is 7.66. The summed E-state index contributed by atoms with van der Waals surface area (Å²) in [5.74, 6) is -0.160. The molecule has 1 aromatic rings. The van der Waals surface area contributed by atoms with Crippen LogP contribution >= 0.6 is 0 Å². The zero-order valence-corrected chi connectivity index (χ0v) is 17.3. The number of amides is 1. The van der Waals surface area contributed by atoms with Gasteiger partial charge in [0.15, 0.2) is 5.60 Å². The fourth-order valence-corrected chi connectivity index (χ4v) is 5.13. The van der Waals surface area contributed by atoms with E-state index in [2.05, 4.69) is 17.5 Å². The van der Waals surface area contributed by atoms with E-state index in [0.717, 1.165) is 75.5 Å². The highest BCUT2D eigenvalue weighted by Gasteiger charge is 2.50. The molecule has 0 aliphatic heterocycles. The summed E-state index contributed by atoms with van der Waals surface area (Å²) in [7, 11) is 0. The molecule has 154 valence electrons. The molecule has 0 aromatic heterocycles. The van der Waals surface area contributed by atoms with Crippen molar-refractivity contribution in [2.45, 2.75) is 89.6 Å². The molecule has 0 spiro atoms. The number of hydrogen-bond donors (Lipinski definition) is 2. The first kappa shape index (κ1) is 21.0. The molecule has 0 saturated heterocycles. The lowest BCUT2D eigenvalue weighted by Crippen LogP contribution is -2.57. The summed E-state index contributed by atoms with van der Waals surface area (Å²) in [5, 5.41) is 16.3. The van der Waals surface area contributed by atoms with Crippen molar-refractivity contribution in [3.8, 4) is 0 Å². The number of benzene rings is 1. The smallest absolute Gasteiger partial charge is 0.272 e. The average molecular weight is 385 g/mol. The zero-order chi connectivity index (χ0) is 19.8. The second kappa shape index (κ2) is 10.2. The summed E-state index contributed by atoms with van der Waals surface area (Å²) in [6.07, 6.45) is 12.4. The van der Waals surface area contributed by atoms with Crippen LogP contribution in [0.2, 0.25) is 0 Å². The Bertz CT molecular complexity index is 626. The van der Waals surface area contributed by atoms with Gasteiger partial charge in [0.25, 0.3) is 5.91 Å². The monoisotopic (exact) mass is 384 g/mol. The summed E-state index contributed by atoms with van der Waals surface area (Å²) < 4.78 is 0. The maximum atomic E-state index is 13.3. The number of hydrogen-bond acceptors (Lipinski definition) is 3. The van der Waals surface area contributed by atoms with Gasteiger partial charge in [0.2, 0.25) is 0 Å². The zero-order valence-electron chi connectivity index (χ0n) is 17.3. The first-order chi connectivity index (χ1) is 13.7. The van der Waals surface area contributed by atoms with Crippen molar-refractivity contribution in [2.24, 2.45) is 16.9 Å². The second-order valence-corrected chi connectivity index (χ2v) is 8.61. The van der Waals surface area contributed by atoms with Crippen molar-refractivity contribution in [2.75, 3.05) is 0 Å².